The highest BCUT2D eigenvalue weighted by Gasteiger charge is 2.38. The summed E-state index contributed by atoms with van der Waals surface area (Å²) in [4.78, 5) is 0. The average molecular weight is 445 g/mol. The maximum Gasteiger partial charge on any atom is 0.411 e. The van der Waals surface area contributed by atoms with Gasteiger partial charge in [-0.25, -0.2) is 0 Å². The summed E-state index contributed by atoms with van der Waals surface area (Å²) < 4.78 is 83.7. The second-order valence-electron chi connectivity index (χ2n) is 7.94. The highest BCUT2D eigenvalue weighted by Crippen LogP contribution is 2.28. The van der Waals surface area contributed by atoms with E-state index in [0.717, 1.165) is 38.2 Å². The van der Waals surface area contributed by atoms with Gasteiger partial charge in [0.25, 0.3) is 0 Å². The third-order valence-electron chi connectivity index (χ3n) is 4.30. The Hall–Kier alpha value is -1.28. The molecular weight excluding hydrogens is 410 g/mol. The van der Waals surface area contributed by atoms with E-state index in [1.54, 1.807) is 6.08 Å². The molecule has 0 saturated heterocycles. The van der Waals surface area contributed by atoms with Crippen molar-refractivity contribution in [2.75, 3.05) is 13.2 Å². The first-order valence-corrected chi connectivity index (χ1v) is 9.98. The molecule has 0 bridgehead atoms. The van der Waals surface area contributed by atoms with E-state index in [9.17, 15) is 26.3 Å². The predicted molar refractivity (Wildman–Crippen MR) is 107 cm³/mol. The topological polar surface area (TPSA) is 18.5 Å². The van der Waals surface area contributed by atoms with Gasteiger partial charge < -0.3 is 9.47 Å². The van der Waals surface area contributed by atoms with Crippen LogP contribution < -0.4 is 0 Å². The maximum absolute atomic E-state index is 12.4. The Morgan fingerprint density at radius 3 is 1.47 bits per heavy atom. The zero-order chi connectivity index (χ0) is 23.4. The number of rotatable bonds is 13. The molecule has 0 aromatic rings. The number of ether oxygens (including phenoxy) is 2. The first kappa shape index (κ1) is 28.7. The molecule has 0 aliphatic carbocycles. The summed E-state index contributed by atoms with van der Waals surface area (Å²) in [5.41, 5.74) is 3.58. The second kappa shape index (κ2) is 13.2. The Kier molecular flexibility index (Phi) is 12.6. The Labute approximate surface area is 176 Å². The summed E-state index contributed by atoms with van der Waals surface area (Å²) in [6, 6.07) is 0. The second-order valence-corrected chi connectivity index (χ2v) is 7.94. The van der Waals surface area contributed by atoms with Crippen LogP contribution in [0.1, 0.15) is 73.1 Å². The number of hydrogen-bond donors (Lipinski definition) is 0. The van der Waals surface area contributed by atoms with E-state index in [-0.39, 0.29) is 12.8 Å². The minimum atomic E-state index is -4.65. The van der Waals surface area contributed by atoms with Gasteiger partial charge in [-0.15, -0.1) is 0 Å². The first-order valence-electron chi connectivity index (χ1n) is 9.98. The van der Waals surface area contributed by atoms with Crippen molar-refractivity contribution in [2.45, 2.75) is 91.3 Å². The van der Waals surface area contributed by atoms with Crippen molar-refractivity contribution in [3.63, 3.8) is 0 Å². The summed E-state index contributed by atoms with van der Waals surface area (Å²) in [7, 11) is 0. The molecule has 0 aliphatic heterocycles. The molecule has 0 fully saturated rings. The van der Waals surface area contributed by atoms with E-state index in [0.29, 0.717) is 0 Å². The first-order chi connectivity index (χ1) is 13.6. The summed E-state index contributed by atoms with van der Waals surface area (Å²) >= 11 is 0. The lowest BCUT2D eigenvalue weighted by Crippen LogP contribution is -2.39. The van der Waals surface area contributed by atoms with E-state index >= 15 is 0 Å². The lowest BCUT2D eigenvalue weighted by Gasteiger charge is -2.30. The van der Waals surface area contributed by atoms with Crippen LogP contribution in [-0.4, -0.2) is 31.4 Å². The average Bonchev–Trinajstić information content (AvgIpc) is 2.57. The monoisotopic (exact) mass is 444 g/mol. The van der Waals surface area contributed by atoms with Gasteiger partial charge in [0.05, 0.1) is 0 Å². The van der Waals surface area contributed by atoms with Crippen molar-refractivity contribution in [1.29, 1.82) is 0 Å². The van der Waals surface area contributed by atoms with Crippen LogP contribution in [-0.2, 0) is 9.47 Å². The fourth-order valence-electron chi connectivity index (χ4n) is 2.57. The maximum atomic E-state index is 12.4. The molecule has 0 N–H and O–H groups in total. The molecule has 2 nitrogen and oxygen atoms in total. The third-order valence-corrected chi connectivity index (χ3v) is 4.30. The molecule has 0 aromatic carbocycles. The molecule has 176 valence electrons. The van der Waals surface area contributed by atoms with E-state index in [4.69, 9.17) is 0 Å². The SMILES string of the molecule is CC(C)=CCCC(C)=CCC/C(C)=C/CCC(C)(OCC(F)(F)F)OCC(F)(F)F. The van der Waals surface area contributed by atoms with Gasteiger partial charge in [-0.3, -0.25) is 0 Å². The number of halogens is 6. The van der Waals surface area contributed by atoms with Crippen molar-refractivity contribution in [2.24, 2.45) is 0 Å². The van der Waals surface area contributed by atoms with Crippen LogP contribution in [0.25, 0.3) is 0 Å². The zero-order valence-electron chi connectivity index (χ0n) is 18.5. The number of allylic oxidation sites excluding steroid dienone is 6. The van der Waals surface area contributed by atoms with Crippen molar-refractivity contribution >= 4 is 0 Å². The zero-order valence-corrected chi connectivity index (χ0v) is 18.5. The van der Waals surface area contributed by atoms with E-state index in [2.05, 4.69) is 42.4 Å². The standard InChI is InChI=1S/C22H34F6O2/c1-17(2)9-6-10-18(3)11-7-12-19(4)13-8-14-20(5,29-15-21(23,24)25)30-16-22(26,27)28/h9,11,13H,6-8,10,12,14-16H2,1-5H3/b18-11?,19-13+. The summed E-state index contributed by atoms with van der Waals surface area (Å²) in [5.74, 6) is -1.97. The van der Waals surface area contributed by atoms with Gasteiger partial charge in [-0.1, -0.05) is 34.9 Å². The van der Waals surface area contributed by atoms with Gasteiger partial charge in [0.2, 0.25) is 0 Å². The van der Waals surface area contributed by atoms with Crippen LogP contribution in [0.5, 0.6) is 0 Å². The van der Waals surface area contributed by atoms with Crippen molar-refractivity contribution < 1.29 is 35.8 Å². The largest absolute Gasteiger partial charge is 0.411 e. The van der Waals surface area contributed by atoms with Gasteiger partial charge >= 0.3 is 12.4 Å². The molecule has 0 heterocycles. The third kappa shape index (κ3) is 17.6. The normalized spacial score (nSPS) is 14.2. The van der Waals surface area contributed by atoms with Crippen LogP contribution >= 0.6 is 0 Å². The molecule has 0 amide bonds. The summed E-state index contributed by atoms with van der Waals surface area (Å²) in [6.45, 7) is 5.84. The highest BCUT2D eigenvalue weighted by molar-refractivity contribution is 5.05. The van der Waals surface area contributed by atoms with Crippen molar-refractivity contribution in [3.8, 4) is 0 Å². The number of alkyl halides is 6. The van der Waals surface area contributed by atoms with Crippen LogP contribution in [0.15, 0.2) is 34.9 Å². The molecular formula is C22H34F6O2. The minimum Gasteiger partial charge on any atom is -0.341 e. The van der Waals surface area contributed by atoms with Gasteiger partial charge in [-0.05, 0) is 66.7 Å². The van der Waals surface area contributed by atoms with Gasteiger partial charge in [0.15, 0.2) is 5.79 Å². The lowest BCUT2D eigenvalue weighted by atomic mass is 10.0. The lowest BCUT2D eigenvalue weighted by molar-refractivity contribution is -0.305. The Bertz CT molecular complexity index is 563. The van der Waals surface area contributed by atoms with Gasteiger partial charge in [0, 0.05) is 6.42 Å². The minimum absolute atomic E-state index is 0.117. The van der Waals surface area contributed by atoms with Crippen LogP contribution in [0, 0.1) is 0 Å². The molecule has 0 aliphatic rings. The van der Waals surface area contributed by atoms with Crippen LogP contribution in [0.4, 0.5) is 26.3 Å². The van der Waals surface area contributed by atoms with Crippen LogP contribution in [0.3, 0.4) is 0 Å². The molecule has 30 heavy (non-hydrogen) atoms. The van der Waals surface area contributed by atoms with E-state index < -0.39 is 31.4 Å². The molecule has 0 unspecified atom stereocenters. The number of hydrogen-bond acceptors (Lipinski definition) is 2. The highest BCUT2D eigenvalue weighted by atomic mass is 19.4. The smallest absolute Gasteiger partial charge is 0.341 e. The Balaban J connectivity index is 4.62. The van der Waals surface area contributed by atoms with Crippen molar-refractivity contribution in [1.82, 2.24) is 0 Å². The van der Waals surface area contributed by atoms with Gasteiger partial charge in [0.1, 0.15) is 13.2 Å². The summed E-state index contributed by atoms with van der Waals surface area (Å²) in [6.07, 6.45) is 0.551. The molecule has 0 spiro atoms. The quantitative estimate of drug-likeness (QED) is 0.162. The molecule has 0 rings (SSSR count). The van der Waals surface area contributed by atoms with E-state index in [1.165, 1.54) is 11.1 Å². The Morgan fingerprint density at radius 2 is 1.07 bits per heavy atom. The fourth-order valence-corrected chi connectivity index (χ4v) is 2.57. The molecule has 0 saturated carbocycles. The molecule has 0 radical (unpaired) electrons. The Morgan fingerprint density at radius 1 is 0.667 bits per heavy atom. The van der Waals surface area contributed by atoms with Gasteiger partial charge in [-0.2, -0.15) is 26.3 Å². The van der Waals surface area contributed by atoms with Crippen LogP contribution in [0.2, 0.25) is 0 Å². The molecule has 0 aromatic heterocycles. The summed E-state index contributed by atoms with van der Waals surface area (Å²) in [5, 5.41) is 0. The van der Waals surface area contributed by atoms with Crippen molar-refractivity contribution in [3.05, 3.63) is 34.9 Å². The molecule has 8 heteroatoms. The van der Waals surface area contributed by atoms with E-state index in [1.807, 2.05) is 6.92 Å². The molecule has 0 atom stereocenters. The predicted octanol–water partition coefficient (Wildman–Crippen LogP) is 8.06. The fraction of sp³-hybridized carbons (Fsp3) is 0.727.